The van der Waals surface area contributed by atoms with Gasteiger partial charge in [-0.1, -0.05) is 13.8 Å². The molecule has 0 bridgehead atoms. The van der Waals surface area contributed by atoms with E-state index in [1.54, 1.807) is 0 Å². The molecule has 6 nitrogen and oxygen atoms in total. The van der Waals surface area contributed by atoms with Gasteiger partial charge in [0.25, 0.3) is 0 Å². The molecule has 0 spiro atoms. The summed E-state index contributed by atoms with van der Waals surface area (Å²) < 4.78 is 70.6. The van der Waals surface area contributed by atoms with E-state index in [0.29, 0.717) is 0 Å². The Morgan fingerprint density at radius 1 is 1.00 bits per heavy atom. The van der Waals surface area contributed by atoms with Gasteiger partial charge in [-0.3, -0.25) is 14.4 Å². The van der Waals surface area contributed by atoms with Crippen molar-refractivity contribution in [3.05, 3.63) is 28.6 Å². The average Bonchev–Trinajstić information content (AvgIpc) is 2.54. The molecule has 1 rings (SSSR count). The maximum atomic E-state index is 14.5. The molecular formula is C15H13F5O6. The van der Waals surface area contributed by atoms with Gasteiger partial charge < -0.3 is 14.9 Å². The standard InChI is InChI=1S/C15H13F5O6/c1-3-5-6(11(21)15(4-2,12(22)23)13(24)25)8(17)10(26-14(19)20)9(18)7(5)16/h14H,3-4H2,1-2H3,(H,22,23)(H,24,25). The number of Topliss-reactive ketones (excluding diaryl/α,β-unsaturated/α-hetero) is 1. The number of ketones is 1. The zero-order valence-electron chi connectivity index (χ0n) is 13.4. The Morgan fingerprint density at radius 3 is 1.85 bits per heavy atom. The number of hydrogen-bond acceptors (Lipinski definition) is 4. The molecule has 2 N–H and O–H groups in total. The highest BCUT2D eigenvalue weighted by Gasteiger charge is 2.54. The molecule has 0 unspecified atom stereocenters. The van der Waals surface area contributed by atoms with Crippen molar-refractivity contribution in [1.29, 1.82) is 0 Å². The number of hydrogen-bond donors (Lipinski definition) is 2. The van der Waals surface area contributed by atoms with Gasteiger partial charge in [0.15, 0.2) is 17.4 Å². The first-order valence-corrected chi connectivity index (χ1v) is 7.12. The summed E-state index contributed by atoms with van der Waals surface area (Å²) in [6.45, 7) is -1.67. The highest BCUT2D eigenvalue weighted by Crippen LogP contribution is 2.37. The molecule has 144 valence electrons. The number of benzene rings is 1. The first-order chi connectivity index (χ1) is 12.0. The summed E-state index contributed by atoms with van der Waals surface area (Å²) in [5.74, 6) is -14.4. The van der Waals surface area contributed by atoms with Crippen molar-refractivity contribution in [2.75, 3.05) is 0 Å². The quantitative estimate of drug-likeness (QED) is 0.309. The Bertz CT molecular complexity index is 748. The molecule has 0 aliphatic carbocycles. The van der Waals surface area contributed by atoms with Crippen molar-refractivity contribution in [2.24, 2.45) is 5.41 Å². The SMILES string of the molecule is CCc1c(F)c(F)c(OC(F)F)c(F)c1C(=O)C(CC)(C(=O)O)C(=O)O. The zero-order valence-corrected chi connectivity index (χ0v) is 13.4. The molecular weight excluding hydrogens is 371 g/mol. The smallest absolute Gasteiger partial charge is 0.387 e. The number of carbonyl (C=O) groups excluding carboxylic acids is 1. The van der Waals surface area contributed by atoms with Crippen LogP contribution in [0, 0.1) is 22.9 Å². The lowest BCUT2D eigenvalue weighted by atomic mass is 9.76. The topological polar surface area (TPSA) is 101 Å². The third kappa shape index (κ3) is 3.20. The second-order valence-electron chi connectivity index (χ2n) is 5.05. The summed E-state index contributed by atoms with van der Waals surface area (Å²) in [5.41, 5.74) is -5.68. The largest absolute Gasteiger partial charge is 0.480 e. The van der Waals surface area contributed by atoms with Crippen LogP contribution in [0.4, 0.5) is 22.0 Å². The van der Waals surface area contributed by atoms with E-state index in [1.807, 2.05) is 0 Å². The number of carbonyl (C=O) groups is 3. The third-order valence-electron chi connectivity index (χ3n) is 3.81. The molecule has 0 radical (unpaired) electrons. The van der Waals surface area contributed by atoms with Crippen LogP contribution in [0.5, 0.6) is 5.75 Å². The number of carboxylic acids is 2. The van der Waals surface area contributed by atoms with E-state index >= 15 is 0 Å². The van der Waals surface area contributed by atoms with E-state index in [1.165, 1.54) is 0 Å². The van der Waals surface area contributed by atoms with Crippen LogP contribution in [0.15, 0.2) is 0 Å². The minimum absolute atomic E-state index is 0.561. The number of halogens is 5. The Balaban J connectivity index is 3.91. The first-order valence-electron chi connectivity index (χ1n) is 7.12. The molecule has 0 aromatic heterocycles. The van der Waals surface area contributed by atoms with Gasteiger partial charge in [-0.25, -0.2) is 8.78 Å². The number of aliphatic carboxylic acids is 2. The van der Waals surface area contributed by atoms with E-state index in [4.69, 9.17) is 0 Å². The zero-order chi connectivity index (χ0) is 20.4. The Morgan fingerprint density at radius 2 is 1.50 bits per heavy atom. The number of rotatable bonds is 8. The predicted molar refractivity (Wildman–Crippen MR) is 74.7 cm³/mol. The molecule has 1 aromatic carbocycles. The average molecular weight is 384 g/mol. The minimum atomic E-state index is -3.79. The predicted octanol–water partition coefficient (Wildman–Crippen LogP) is 3.02. The molecule has 26 heavy (non-hydrogen) atoms. The summed E-state index contributed by atoms with van der Waals surface area (Å²) in [7, 11) is 0. The molecule has 0 saturated carbocycles. The number of ether oxygens (including phenoxy) is 1. The fraction of sp³-hybridized carbons (Fsp3) is 0.400. The van der Waals surface area contributed by atoms with E-state index in [9.17, 15) is 46.5 Å². The number of carboxylic acid groups (broad SMARTS) is 2. The Kier molecular flexibility index (Phi) is 6.29. The lowest BCUT2D eigenvalue weighted by molar-refractivity contribution is -0.160. The van der Waals surface area contributed by atoms with Gasteiger partial charge in [0.1, 0.15) is 0 Å². The summed E-state index contributed by atoms with van der Waals surface area (Å²) in [6, 6.07) is 0. The van der Waals surface area contributed by atoms with Gasteiger partial charge in [-0.15, -0.1) is 0 Å². The molecule has 11 heteroatoms. The molecule has 0 atom stereocenters. The van der Waals surface area contributed by atoms with Crippen molar-refractivity contribution in [1.82, 2.24) is 0 Å². The molecule has 0 heterocycles. The molecule has 0 aliphatic heterocycles. The van der Waals surface area contributed by atoms with Crippen LogP contribution in [0.1, 0.15) is 36.2 Å². The van der Waals surface area contributed by atoms with Crippen LogP contribution < -0.4 is 4.74 Å². The molecule has 1 aromatic rings. The molecule has 0 fully saturated rings. The number of alkyl halides is 2. The van der Waals surface area contributed by atoms with Crippen molar-refractivity contribution in [2.45, 2.75) is 33.3 Å². The summed E-state index contributed by atoms with van der Waals surface area (Å²) >= 11 is 0. The maximum Gasteiger partial charge on any atom is 0.387 e. The normalized spacial score (nSPS) is 11.5. The molecule has 0 saturated heterocycles. The summed E-state index contributed by atoms with van der Waals surface area (Å²) in [6.07, 6.45) is -1.43. The van der Waals surface area contributed by atoms with Gasteiger partial charge in [0.2, 0.25) is 17.0 Å². The van der Waals surface area contributed by atoms with E-state index in [-0.39, 0.29) is 0 Å². The summed E-state index contributed by atoms with van der Waals surface area (Å²) in [5, 5.41) is 18.4. The first kappa shape index (κ1) is 21.3. The third-order valence-corrected chi connectivity index (χ3v) is 3.81. The summed E-state index contributed by atoms with van der Waals surface area (Å²) in [4.78, 5) is 35.3. The lowest BCUT2D eigenvalue weighted by Gasteiger charge is -2.24. The maximum absolute atomic E-state index is 14.5. The monoisotopic (exact) mass is 384 g/mol. The Hall–Kier alpha value is -2.72. The van der Waals surface area contributed by atoms with Crippen LogP contribution in [0.2, 0.25) is 0 Å². The van der Waals surface area contributed by atoms with E-state index in [0.717, 1.165) is 13.8 Å². The van der Waals surface area contributed by atoms with Gasteiger partial charge in [-0.05, 0) is 12.8 Å². The van der Waals surface area contributed by atoms with Crippen LogP contribution in [0.3, 0.4) is 0 Å². The van der Waals surface area contributed by atoms with Crippen LogP contribution in [-0.2, 0) is 16.0 Å². The van der Waals surface area contributed by atoms with Gasteiger partial charge in [0, 0.05) is 5.56 Å². The van der Waals surface area contributed by atoms with Crippen LogP contribution in [-0.4, -0.2) is 34.5 Å². The van der Waals surface area contributed by atoms with Gasteiger partial charge >= 0.3 is 18.6 Å². The molecule has 0 amide bonds. The second-order valence-corrected chi connectivity index (χ2v) is 5.05. The fourth-order valence-electron chi connectivity index (χ4n) is 2.41. The van der Waals surface area contributed by atoms with Gasteiger partial charge in [-0.2, -0.15) is 13.2 Å². The highest BCUT2D eigenvalue weighted by atomic mass is 19.3. The lowest BCUT2D eigenvalue weighted by Crippen LogP contribution is -2.46. The van der Waals surface area contributed by atoms with E-state index in [2.05, 4.69) is 4.74 Å². The van der Waals surface area contributed by atoms with Crippen molar-refractivity contribution < 1.29 is 51.3 Å². The van der Waals surface area contributed by atoms with Gasteiger partial charge in [0.05, 0.1) is 5.56 Å². The van der Waals surface area contributed by atoms with Crippen molar-refractivity contribution in [3.63, 3.8) is 0 Å². The minimum Gasteiger partial charge on any atom is -0.480 e. The van der Waals surface area contributed by atoms with E-state index < -0.39 is 76.9 Å². The fourth-order valence-corrected chi connectivity index (χ4v) is 2.41. The Labute approximate surface area is 143 Å². The molecule has 0 aliphatic rings. The second kappa shape index (κ2) is 7.67. The van der Waals surface area contributed by atoms with Crippen LogP contribution in [0.25, 0.3) is 0 Å². The van der Waals surface area contributed by atoms with Crippen LogP contribution >= 0.6 is 0 Å². The van der Waals surface area contributed by atoms with Crippen molar-refractivity contribution >= 4 is 17.7 Å². The van der Waals surface area contributed by atoms with Crippen molar-refractivity contribution in [3.8, 4) is 5.75 Å². The highest BCUT2D eigenvalue weighted by molar-refractivity contribution is 6.25.